The van der Waals surface area contributed by atoms with Crippen molar-refractivity contribution in [1.29, 1.82) is 0 Å². The van der Waals surface area contributed by atoms with Gasteiger partial charge in [0, 0.05) is 16.3 Å². The number of hydrogen-bond acceptors (Lipinski definition) is 6. The summed E-state index contributed by atoms with van der Waals surface area (Å²) in [6, 6.07) is 17.1. The highest BCUT2D eigenvalue weighted by Crippen LogP contribution is 2.36. The lowest BCUT2D eigenvalue weighted by molar-refractivity contribution is -0.118. The van der Waals surface area contributed by atoms with Crippen molar-refractivity contribution in [3.8, 4) is 28.6 Å². The number of carbonyl (C=O) groups is 1. The van der Waals surface area contributed by atoms with Gasteiger partial charge < -0.3 is 23.9 Å². The fraction of sp³-hybridized carbons (Fsp3) is 0.154. The molecule has 0 unspecified atom stereocenters. The van der Waals surface area contributed by atoms with E-state index in [1.165, 1.54) is 14.2 Å². The Labute approximate surface area is 200 Å². The van der Waals surface area contributed by atoms with E-state index in [0.717, 1.165) is 5.56 Å². The first-order valence-corrected chi connectivity index (χ1v) is 10.8. The molecule has 1 amide bonds. The first-order valence-electron chi connectivity index (χ1n) is 10.4. The molecule has 1 aromatic heterocycles. The van der Waals surface area contributed by atoms with E-state index in [4.69, 9.17) is 30.2 Å². The number of methoxy groups -OCH3 is 2. The second-order valence-electron chi connectivity index (χ2n) is 7.51. The molecule has 0 saturated carbocycles. The minimum Gasteiger partial charge on any atom is -0.493 e. The molecule has 0 saturated heterocycles. The number of ether oxygens (including phenoxy) is 3. The lowest BCUT2D eigenvalue weighted by Gasteiger charge is -2.14. The lowest BCUT2D eigenvalue weighted by Crippen LogP contribution is -2.22. The van der Waals surface area contributed by atoms with Gasteiger partial charge >= 0.3 is 0 Å². The smallest absolute Gasteiger partial charge is 0.262 e. The molecule has 0 fully saturated rings. The summed E-state index contributed by atoms with van der Waals surface area (Å²) in [5, 5.41) is 3.53. The Balaban J connectivity index is 1.74. The van der Waals surface area contributed by atoms with Crippen molar-refractivity contribution in [2.24, 2.45) is 0 Å². The SMILES string of the molecule is COc1ccc(-c2oc3cc(C)ccc3c(=O)c2OCC(=O)Nc2cccc(Cl)c2)cc1OC. The van der Waals surface area contributed by atoms with Crippen molar-refractivity contribution in [2.45, 2.75) is 6.92 Å². The van der Waals surface area contributed by atoms with Gasteiger partial charge in [-0.25, -0.2) is 0 Å². The van der Waals surface area contributed by atoms with Gasteiger partial charge in [0.25, 0.3) is 5.91 Å². The Morgan fingerprint density at radius 1 is 1.00 bits per heavy atom. The average Bonchev–Trinajstić information content (AvgIpc) is 2.82. The summed E-state index contributed by atoms with van der Waals surface area (Å²) in [4.78, 5) is 25.8. The van der Waals surface area contributed by atoms with Crippen LogP contribution in [0.1, 0.15) is 5.56 Å². The highest BCUT2D eigenvalue weighted by molar-refractivity contribution is 6.30. The van der Waals surface area contributed by atoms with Crippen molar-refractivity contribution in [2.75, 3.05) is 26.1 Å². The quantitative estimate of drug-likeness (QED) is 0.379. The van der Waals surface area contributed by atoms with Crippen LogP contribution >= 0.6 is 11.6 Å². The number of carbonyl (C=O) groups excluding carboxylic acids is 1. The third kappa shape index (κ3) is 4.84. The average molecular weight is 480 g/mol. The topological polar surface area (TPSA) is 87.0 Å². The molecule has 1 heterocycles. The predicted octanol–water partition coefficient (Wildman–Crippen LogP) is 5.46. The molecule has 0 aliphatic rings. The molecule has 0 aliphatic heterocycles. The van der Waals surface area contributed by atoms with Crippen LogP contribution in [0.5, 0.6) is 17.2 Å². The van der Waals surface area contributed by atoms with Crippen LogP contribution in [0.25, 0.3) is 22.3 Å². The summed E-state index contributed by atoms with van der Waals surface area (Å²) in [7, 11) is 3.04. The van der Waals surface area contributed by atoms with E-state index in [-0.39, 0.29) is 16.9 Å². The number of fused-ring (bicyclic) bond motifs is 1. The van der Waals surface area contributed by atoms with Crippen molar-refractivity contribution < 1.29 is 23.4 Å². The summed E-state index contributed by atoms with van der Waals surface area (Å²) in [5.41, 5.74) is 2.00. The molecule has 4 aromatic rings. The summed E-state index contributed by atoms with van der Waals surface area (Å²) in [6.07, 6.45) is 0. The fourth-order valence-corrected chi connectivity index (χ4v) is 3.67. The number of amides is 1. The Morgan fingerprint density at radius 2 is 1.79 bits per heavy atom. The van der Waals surface area contributed by atoms with Crippen LogP contribution in [0.3, 0.4) is 0 Å². The van der Waals surface area contributed by atoms with Crippen LogP contribution in [0.15, 0.2) is 69.9 Å². The van der Waals surface area contributed by atoms with Crippen molar-refractivity contribution >= 4 is 34.2 Å². The molecule has 0 radical (unpaired) electrons. The van der Waals surface area contributed by atoms with Crippen LogP contribution in [0, 0.1) is 6.92 Å². The second kappa shape index (κ2) is 9.89. The summed E-state index contributed by atoms with van der Waals surface area (Å²) in [5.74, 6) is 0.624. The molecule has 1 N–H and O–H groups in total. The Morgan fingerprint density at radius 3 is 2.53 bits per heavy atom. The number of anilines is 1. The van der Waals surface area contributed by atoms with Crippen LogP contribution < -0.4 is 25.0 Å². The maximum atomic E-state index is 13.3. The van der Waals surface area contributed by atoms with Gasteiger partial charge in [-0.1, -0.05) is 23.7 Å². The molecule has 174 valence electrons. The van der Waals surface area contributed by atoms with E-state index in [0.29, 0.717) is 38.7 Å². The molecule has 7 nitrogen and oxygen atoms in total. The zero-order chi connectivity index (χ0) is 24.2. The van der Waals surface area contributed by atoms with Gasteiger partial charge in [0.1, 0.15) is 5.58 Å². The highest BCUT2D eigenvalue weighted by atomic mass is 35.5. The molecule has 0 atom stereocenters. The molecule has 0 spiro atoms. The van der Waals surface area contributed by atoms with E-state index in [9.17, 15) is 9.59 Å². The van der Waals surface area contributed by atoms with Gasteiger partial charge in [0.05, 0.1) is 19.6 Å². The number of aryl methyl sites for hydroxylation is 1. The van der Waals surface area contributed by atoms with Crippen molar-refractivity contribution in [1.82, 2.24) is 0 Å². The summed E-state index contributed by atoms with van der Waals surface area (Å²) in [6.45, 7) is 1.50. The van der Waals surface area contributed by atoms with Crippen LogP contribution in [0.4, 0.5) is 5.69 Å². The molecular weight excluding hydrogens is 458 g/mol. The molecule has 8 heteroatoms. The Hall–Kier alpha value is -3.97. The van der Waals surface area contributed by atoms with E-state index in [1.807, 2.05) is 13.0 Å². The number of benzene rings is 3. The molecule has 4 rings (SSSR count). The predicted molar refractivity (Wildman–Crippen MR) is 131 cm³/mol. The maximum absolute atomic E-state index is 13.3. The normalized spacial score (nSPS) is 10.7. The highest BCUT2D eigenvalue weighted by Gasteiger charge is 2.20. The third-order valence-corrected chi connectivity index (χ3v) is 5.34. The van der Waals surface area contributed by atoms with Gasteiger partial charge in [0.15, 0.2) is 23.9 Å². The number of halogens is 1. The van der Waals surface area contributed by atoms with Gasteiger partial charge in [-0.15, -0.1) is 0 Å². The van der Waals surface area contributed by atoms with E-state index >= 15 is 0 Å². The van der Waals surface area contributed by atoms with E-state index in [2.05, 4.69) is 5.32 Å². The zero-order valence-corrected chi connectivity index (χ0v) is 19.6. The Kier molecular flexibility index (Phi) is 6.75. The number of hydrogen-bond donors (Lipinski definition) is 1. The minimum atomic E-state index is -0.455. The van der Waals surface area contributed by atoms with Crippen LogP contribution in [-0.2, 0) is 4.79 Å². The minimum absolute atomic E-state index is 0.0789. The monoisotopic (exact) mass is 479 g/mol. The molecule has 0 aliphatic carbocycles. The van der Waals surface area contributed by atoms with Gasteiger partial charge in [-0.05, 0) is 61.0 Å². The molecule has 0 bridgehead atoms. The third-order valence-electron chi connectivity index (χ3n) is 5.11. The fourth-order valence-electron chi connectivity index (χ4n) is 3.48. The number of nitrogens with one attached hydrogen (secondary N) is 1. The number of rotatable bonds is 7. The maximum Gasteiger partial charge on any atom is 0.262 e. The van der Waals surface area contributed by atoms with Crippen LogP contribution in [0.2, 0.25) is 5.02 Å². The second-order valence-corrected chi connectivity index (χ2v) is 7.94. The van der Waals surface area contributed by atoms with Gasteiger partial charge in [-0.2, -0.15) is 0 Å². The van der Waals surface area contributed by atoms with Crippen molar-refractivity contribution in [3.05, 3.63) is 81.5 Å². The molecular formula is C26H22ClNO6. The standard InChI is InChI=1S/C26H22ClNO6/c1-15-7-9-19-21(11-15)34-25(16-8-10-20(31-2)22(12-16)32-3)26(24(19)30)33-14-23(29)28-18-6-4-5-17(27)13-18/h4-13H,14H2,1-3H3,(H,28,29). The van der Waals surface area contributed by atoms with Crippen LogP contribution in [-0.4, -0.2) is 26.7 Å². The van der Waals surface area contributed by atoms with Crippen molar-refractivity contribution in [3.63, 3.8) is 0 Å². The largest absolute Gasteiger partial charge is 0.493 e. The first kappa shape index (κ1) is 23.2. The van der Waals surface area contributed by atoms with E-state index < -0.39 is 12.5 Å². The van der Waals surface area contributed by atoms with Gasteiger partial charge in [0.2, 0.25) is 11.2 Å². The first-order chi connectivity index (χ1) is 16.4. The Bertz CT molecular complexity index is 1430. The molecule has 3 aromatic carbocycles. The summed E-state index contributed by atoms with van der Waals surface area (Å²) < 4.78 is 22.5. The molecule has 34 heavy (non-hydrogen) atoms. The van der Waals surface area contributed by atoms with Gasteiger partial charge in [-0.3, -0.25) is 9.59 Å². The van der Waals surface area contributed by atoms with E-state index in [1.54, 1.807) is 54.6 Å². The summed E-state index contributed by atoms with van der Waals surface area (Å²) >= 11 is 5.97. The zero-order valence-electron chi connectivity index (χ0n) is 18.8. The lowest BCUT2D eigenvalue weighted by atomic mass is 10.1.